The predicted octanol–water partition coefficient (Wildman–Crippen LogP) is 4.28. The lowest BCUT2D eigenvalue weighted by atomic mass is 9.43. The lowest BCUT2D eigenvalue weighted by molar-refractivity contribution is -0.0973. The first kappa shape index (κ1) is 13.4. The second-order valence-electron chi connectivity index (χ2n) is 8.75. The van der Waals surface area contributed by atoms with E-state index in [2.05, 4.69) is 35.5 Å². The van der Waals surface area contributed by atoms with Gasteiger partial charge in [-0.15, -0.1) is 0 Å². The molecule has 1 aromatic rings. The van der Waals surface area contributed by atoms with Crippen molar-refractivity contribution in [2.24, 2.45) is 16.7 Å². The Morgan fingerprint density at radius 2 is 1.67 bits per heavy atom. The predicted molar refractivity (Wildman–Crippen MR) is 87.5 cm³/mol. The maximum absolute atomic E-state index is 4.36. The van der Waals surface area contributed by atoms with Crippen LogP contribution in [0, 0.1) is 16.7 Å². The standard InChI is InChI=1S/C18H27N3/c1-16-5-13-6-17(2,10-16)12-18(7-13,11-16)21-15-4-14(19-3)8-20-9-15/h4,8-9,13,19,21H,5-7,10-12H2,1-3H3. The average molecular weight is 285 g/mol. The first-order valence-corrected chi connectivity index (χ1v) is 8.33. The highest BCUT2D eigenvalue weighted by Gasteiger charge is 2.60. The van der Waals surface area contributed by atoms with Crippen LogP contribution >= 0.6 is 0 Å². The summed E-state index contributed by atoms with van der Waals surface area (Å²) in [6.07, 6.45) is 12.2. The van der Waals surface area contributed by atoms with Crippen molar-refractivity contribution in [2.45, 2.75) is 57.9 Å². The summed E-state index contributed by atoms with van der Waals surface area (Å²) >= 11 is 0. The largest absolute Gasteiger partial charge is 0.387 e. The Morgan fingerprint density at radius 3 is 2.29 bits per heavy atom. The summed E-state index contributed by atoms with van der Waals surface area (Å²) in [6.45, 7) is 5.04. The van der Waals surface area contributed by atoms with Crippen LogP contribution in [0.5, 0.6) is 0 Å². The summed E-state index contributed by atoms with van der Waals surface area (Å²) < 4.78 is 0. The number of hydrogen-bond acceptors (Lipinski definition) is 3. The van der Waals surface area contributed by atoms with E-state index in [1.165, 1.54) is 44.2 Å². The van der Waals surface area contributed by atoms with Crippen LogP contribution in [0.25, 0.3) is 0 Å². The van der Waals surface area contributed by atoms with Crippen LogP contribution in [0.15, 0.2) is 18.5 Å². The molecule has 0 saturated heterocycles. The van der Waals surface area contributed by atoms with Crippen molar-refractivity contribution in [3.63, 3.8) is 0 Å². The molecule has 2 N–H and O–H groups in total. The zero-order chi connectivity index (χ0) is 14.7. The van der Waals surface area contributed by atoms with Gasteiger partial charge in [0.15, 0.2) is 0 Å². The summed E-state index contributed by atoms with van der Waals surface area (Å²) in [7, 11) is 1.95. The highest BCUT2D eigenvalue weighted by atomic mass is 15.0. The summed E-state index contributed by atoms with van der Waals surface area (Å²) in [5, 5.41) is 7.10. The third-order valence-electron chi connectivity index (χ3n) is 6.06. The van der Waals surface area contributed by atoms with Crippen molar-refractivity contribution in [3.8, 4) is 0 Å². The van der Waals surface area contributed by atoms with Crippen molar-refractivity contribution in [2.75, 3.05) is 17.7 Å². The first-order valence-electron chi connectivity index (χ1n) is 8.33. The molecule has 114 valence electrons. The average Bonchev–Trinajstić information content (AvgIpc) is 2.33. The van der Waals surface area contributed by atoms with Gasteiger partial charge in [-0.25, -0.2) is 0 Å². The molecule has 0 radical (unpaired) electrons. The SMILES string of the molecule is CNc1cncc(NC23CC4CC(C)(CC(C)(C4)C2)C3)c1. The van der Waals surface area contributed by atoms with Gasteiger partial charge < -0.3 is 10.6 Å². The molecular formula is C18H27N3. The van der Waals surface area contributed by atoms with E-state index in [1.807, 2.05) is 19.4 Å². The Labute approximate surface area is 127 Å². The van der Waals surface area contributed by atoms with E-state index in [0.717, 1.165) is 11.6 Å². The Hall–Kier alpha value is -1.25. The van der Waals surface area contributed by atoms with Crippen LogP contribution in [0.4, 0.5) is 11.4 Å². The van der Waals surface area contributed by atoms with Crippen molar-refractivity contribution in [3.05, 3.63) is 18.5 Å². The van der Waals surface area contributed by atoms with Gasteiger partial charge in [-0.3, -0.25) is 4.98 Å². The second-order valence-corrected chi connectivity index (χ2v) is 8.75. The Morgan fingerprint density at radius 1 is 1.00 bits per heavy atom. The minimum absolute atomic E-state index is 0.303. The quantitative estimate of drug-likeness (QED) is 0.870. The Balaban J connectivity index is 1.65. The van der Waals surface area contributed by atoms with Crippen molar-refractivity contribution in [1.82, 2.24) is 4.98 Å². The molecular weight excluding hydrogens is 258 g/mol. The van der Waals surface area contributed by atoms with Crippen LogP contribution in [0.3, 0.4) is 0 Å². The van der Waals surface area contributed by atoms with E-state index in [-0.39, 0.29) is 0 Å². The first-order chi connectivity index (χ1) is 9.92. The van der Waals surface area contributed by atoms with Gasteiger partial charge in [0.2, 0.25) is 0 Å². The molecule has 21 heavy (non-hydrogen) atoms. The van der Waals surface area contributed by atoms with Crippen molar-refractivity contribution >= 4 is 11.4 Å². The summed E-state index contributed by atoms with van der Waals surface area (Å²) in [5.74, 6) is 0.921. The number of aromatic nitrogens is 1. The van der Waals surface area contributed by atoms with E-state index in [4.69, 9.17) is 0 Å². The zero-order valence-electron chi connectivity index (χ0n) is 13.5. The van der Waals surface area contributed by atoms with E-state index < -0.39 is 0 Å². The third kappa shape index (κ3) is 2.21. The lowest BCUT2D eigenvalue weighted by Crippen LogP contribution is -2.61. The number of nitrogens with zero attached hydrogens (tertiary/aromatic N) is 1. The fraction of sp³-hybridized carbons (Fsp3) is 0.722. The minimum atomic E-state index is 0.303. The molecule has 4 saturated carbocycles. The smallest absolute Gasteiger partial charge is 0.0551 e. The van der Waals surface area contributed by atoms with Crippen LogP contribution < -0.4 is 10.6 Å². The Bertz CT molecular complexity index is 549. The van der Waals surface area contributed by atoms with Crippen molar-refractivity contribution < 1.29 is 0 Å². The van der Waals surface area contributed by atoms with Gasteiger partial charge in [-0.05, 0) is 61.3 Å². The van der Waals surface area contributed by atoms with E-state index in [1.54, 1.807) is 0 Å². The van der Waals surface area contributed by atoms with Crippen LogP contribution in [0.2, 0.25) is 0 Å². The number of anilines is 2. The topological polar surface area (TPSA) is 37.0 Å². The monoisotopic (exact) mass is 285 g/mol. The molecule has 4 fully saturated rings. The molecule has 4 bridgehead atoms. The lowest BCUT2D eigenvalue weighted by Gasteiger charge is -2.65. The molecule has 1 aromatic heterocycles. The molecule has 2 unspecified atom stereocenters. The molecule has 5 rings (SSSR count). The van der Waals surface area contributed by atoms with Gasteiger partial charge in [0.05, 0.1) is 23.8 Å². The van der Waals surface area contributed by atoms with E-state index in [9.17, 15) is 0 Å². The van der Waals surface area contributed by atoms with Gasteiger partial charge in [0.25, 0.3) is 0 Å². The molecule has 0 spiro atoms. The number of nitrogens with one attached hydrogen (secondary N) is 2. The maximum atomic E-state index is 4.36. The fourth-order valence-corrected chi connectivity index (χ4v) is 6.54. The van der Waals surface area contributed by atoms with E-state index >= 15 is 0 Å². The molecule has 0 aliphatic heterocycles. The summed E-state index contributed by atoms with van der Waals surface area (Å²) in [4.78, 5) is 4.36. The van der Waals surface area contributed by atoms with Gasteiger partial charge >= 0.3 is 0 Å². The highest BCUT2D eigenvalue weighted by molar-refractivity contribution is 5.55. The second kappa shape index (κ2) is 4.15. The molecule has 4 aliphatic carbocycles. The molecule has 1 heterocycles. The molecule has 4 aliphatic rings. The van der Waals surface area contributed by atoms with Crippen LogP contribution in [-0.2, 0) is 0 Å². The number of rotatable bonds is 3. The molecule has 0 amide bonds. The number of pyridine rings is 1. The van der Waals surface area contributed by atoms with Crippen LogP contribution in [0.1, 0.15) is 52.4 Å². The molecule has 3 nitrogen and oxygen atoms in total. The van der Waals surface area contributed by atoms with Gasteiger partial charge in [0, 0.05) is 12.6 Å². The minimum Gasteiger partial charge on any atom is -0.387 e. The zero-order valence-corrected chi connectivity index (χ0v) is 13.5. The molecule has 2 atom stereocenters. The summed E-state index contributed by atoms with van der Waals surface area (Å²) in [5.41, 5.74) is 3.67. The fourth-order valence-electron chi connectivity index (χ4n) is 6.54. The molecule has 3 heteroatoms. The normalized spacial score (nSPS) is 43.9. The van der Waals surface area contributed by atoms with Crippen LogP contribution in [-0.4, -0.2) is 17.6 Å². The maximum Gasteiger partial charge on any atom is 0.0551 e. The number of hydrogen-bond donors (Lipinski definition) is 2. The third-order valence-corrected chi connectivity index (χ3v) is 6.06. The molecule has 0 aromatic carbocycles. The van der Waals surface area contributed by atoms with E-state index in [0.29, 0.717) is 16.4 Å². The highest BCUT2D eigenvalue weighted by Crippen LogP contribution is 2.66. The van der Waals surface area contributed by atoms with Gasteiger partial charge in [0.1, 0.15) is 0 Å². The van der Waals surface area contributed by atoms with Crippen molar-refractivity contribution in [1.29, 1.82) is 0 Å². The van der Waals surface area contributed by atoms with Gasteiger partial charge in [-0.2, -0.15) is 0 Å². The van der Waals surface area contributed by atoms with Gasteiger partial charge in [-0.1, -0.05) is 13.8 Å². The summed E-state index contributed by atoms with van der Waals surface area (Å²) in [6, 6.07) is 2.19. The Kier molecular flexibility index (Phi) is 2.65.